The Morgan fingerprint density at radius 3 is 2.85 bits per heavy atom. The average molecular weight is 366 g/mol. The van der Waals surface area contributed by atoms with Gasteiger partial charge in [0.25, 0.3) is 0 Å². The third-order valence-electron chi connectivity index (χ3n) is 5.27. The molecule has 0 bridgehead atoms. The first-order chi connectivity index (χ1) is 13.0. The standard InChI is InChI=1S/C21H22N2O4/c1-13-4-3-5-17(14(13)2)23-11-16(9-20(23)24)21(25)22-10-15-6-7-18-19(8-15)27-12-26-18/h3-8,16H,9-12H2,1-2H3,(H,22,25). The molecule has 2 aliphatic rings. The number of anilines is 1. The summed E-state index contributed by atoms with van der Waals surface area (Å²) in [6.07, 6.45) is 0.236. The van der Waals surface area contributed by atoms with E-state index < -0.39 is 0 Å². The molecule has 0 aliphatic carbocycles. The zero-order valence-electron chi connectivity index (χ0n) is 15.5. The van der Waals surface area contributed by atoms with Crippen molar-refractivity contribution < 1.29 is 19.1 Å². The van der Waals surface area contributed by atoms with Crippen molar-refractivity contribution in [3.05, 3.63) is 53.1 Å². The van der Waals surface area contributed by atoms with Gasteiger partial charge in [0.15, 0.2) is 11.5 Å². The molecule has 2 heterocycles. The number of hydrogen-bond donors (Lipinski definition) is 1. The topological polar surface area (TPSA) is 67.9 Å². The summed E-state index contributed by atoms with van der Waals surface area (Å²) in [6.45, 7) is 5.06. The molecule has 4 rings (SSSR count). The van der Waals surface area contributed by atoms with Crippen LogP contribution in [0.15, 0.2) is 36.4 Å². The van der Waals surface area contributed by atoms with Crippen LogP contribution in [0.5, 0.6) is 11.5 Å². The van der Waals surface area contributed by atoms with Gasteiger partial charge in [-0.3, -0.25) is 9.59 Å². The second-order valence-corrected chi connectivity index (χ2v) is 7.03. The fourth-order valence-electron chi connectivity index (χ4n) is 3.53. The highest BCUT2D eigenvalue weighted by molar-refractivity contribution is 6.00. The number of fused-ring (bicyclic) bond motifs is 1. The average Bonchev–Trinajstić information content (AvgIpc) is 3.28. The number of nitrogens with zero attached hydrogens (tertiary/aromatic N) is 1. The van der Waals surface area contributed by atoms with Gasteiger partial charge in [-0.15, -0.1) is 0 Å². The summed E-state index contributed by atoms with van der Waals surface area (Å²) in [5, 5.41) is 2.94. The molecule has 2 aromatic carbocycles. The Morgan fingerprint density at radius 1 is 1.19 bits per heavy atom. The van der Waals surface area contributed by atoms with Gasteiger partial charge in [0.2, 0.25) is 18.6 Å². The minimum Gasteiger partial charge on any atom is -0.454 e. The zero-order valence-corrected chi connectivity index (χ0v) is 15.5. The molecule has 1 unspecified atom stereocenters. The van der Waals surface area contributed by atoms with Crippen molar-refractivity contribution in [2.75, 3.05) is 18.2 Å². The minimum absolute atomic E-state index is 0.00747. The summed E-state index contributed by atoms with van der Waals surface area (Å²) < 4.78 is 10.6. The number of ether oxygens (including phenoxy) is 2. The van der Waals surface area contributed by atoms with Crippen LogP contribution in [-0.2, 0) is 16.1 Å². The van der Waals surface area contributed by atoms with Gasteiger partial charge in [0, 0.05) is 25.2 Å². The highest BCUT2D eigenvalue weighted by Crippen LogP contribution is 2.33. The van der Waals surface area contributed by atoms with E-state index >= 15 is 0 Å². The first-order valence-electron chi connectivity index (χ1n) is 9.06. The molecule has 0 saturated carbocycles. The molecule has 0 spiro atoms. The third kappa shape index (κ3) is 3.35. The van der Waals surface area contributed by atoms with Crippen molar-refractivity contribution in [2.45, 2.75) is 26.8 Å². The zero-order chi connectivity index (χ0) is 19.0. The van der Waals surface area contributed by atoms with Crippen LogP contribution in [0.25, 0.3) is 0 Å². The molecule has 1 atom stereocenters. The lowest BCUT2D eigenvalue weighted by molar-refractivity contribution is -0.126. The van der Waals surface area contributed by atoms with Crippen molar-refractivity contribution in [1.82, 2.24) is 5.32 Å². The SMILES string of the molecule is Cc1cccc(N2CC(C(=O)NCc3ccc4c(c3)OCO4)CC2=O)c1C. The molecular weight excluding hydrogens is 344 g/mol. The van der Waals surface area contributed by atoms with Gasteiger partial charge >= 0.3 is 0 Å². The Kier molecular flexibility index (Phi) is 4.48. The van der Waals surface area contributed by atoms with Crippen LogP contribution in [0.1, 0.15) is 23.1 Å². The molecule has 1 N–H and O–H groups in total. The lowest BCUT2D eigenvalue weighted by atomic mass is 10.1. The van der Waals surface area contributed by atoms with Crippen molar-refractivity contribution >= 4 is 17.5 Å². The quantitative estimate of drug-likeness (QED) is 0.903. The smallest absolute Gasteiger partial charge is 0.231 e. The van der Waals surface area contributed by atoms with Crippen LogP contribution >= 0.6 is 0 Å². The lowest BCUT2D eigenvalue weighted by Gasteiger charge is -2.20. The summed E-state index contributed by atoms with van der Waals surface area (Å²) >= 11 is 0. The summed E-state index contributed by atoms with van der Waals surface area (Å²) in [7, 11) is 0. The van der Waals surface area contributed by atoms with Gasteiger partial charge in [-0.1, -0.05) is 18.2 Å². The highest BCUT2D eigenvalue weighted by Gasteiger charge is 2.35. The molecule has 140 valence electrons. The Bertz CT molecular complexity index is 909. The van der Waals surface area contributed by atoms with Gasteiger partial charge in [0.1, 0.15) is 0 Å². The van der Waals surface area contributed by atoms with E-state index in [1.807, 2.05) is 50.2 Å². The summed E-state index contributed by atoms with van der Waals surface area (Å²) in [5.41, 5.74) is 4.04. The van der Waals surface area contributed by atoms with Gasteiger partial charge in [-0.25, -0.2) is 0 Å². The van der Waals surface area contributed by atoms with Crippen LogP contribution in [0, 0.1) is 19.8 Å². The van der Waals surface area contributed by atoms with Crippen LogP contribution in [0.2, 0.25) is 0 Å². The largest absolute Gasteiger partial charge is 0.454 e. The number of carbonyl (C=O) groups is 2. The molecule has 27 heavy (non-hydrogen) atoms. The van der Waals surface area contributed by atoms with Crippen LogP contribution in [-0.4, -0.2) is 25.2 Å². The maximum absolute atomic E-state index is 12.6. The Hall–Kier alpha value is -3.02. The molecule has 0 aromatic heterocycles. The number of amides is 2. The molecule has 2 amide bonds. The molecule has 6 nitrogen and oxygen atoms in total. The van der Waals surface area contributed by atoms with E-state index in [4.69, 9.17) is 9.47 Å². The first kappa shape index (κ1) is 17.4. The molecule has 6 heteroatoms. The van der Waals surface area contributed by atoms with E-state index in [-0.39, 0.29) is 30.9 Å². The fourth-order valence-corrected chi connectivity index (χ4v) is 3.53. The molecule has 0 radical (unpaired) electrons. The van der Waals surface area contributed by atoms with Crippen molar-refractivity contribution in [3.63, 3.8) is 0 Å². The van der Waals surface area contributed by atoms with E-state index in [1.165, 1.54) is 0 Å². The van der Waals surface area contributed by atoms with Crippen molar-refractivity contribution in [2.24, 2.45) is 5.92 Å². The number of carbonyl (C=O) groups excluding carboxylic acids is 2. The summed E-state index contributed by atoms with van der Waals surface area (Å²) in [6, 6.07) is 11.5. The minimum atomic E-state index is -0.341. The Labute approximate surface area is 158 Å². The summed E-state index contributed by atoms with van der Waals surface area (Å²) in [4.78, 5) is 26.8. The van der Waals surface area contributed by atoms with Gasteiger partial charge in [-0.05, 0) is 48.7 Å². The van der Waals surface area contributed by atoms with Crippen LogP contribution in [0.4, 0.5) is 5.69 Å². The number of rotatable bonds is 4. The number of hydrogen-bond acceptors (Lipinski definition) is 4. The van der Waals surface area contributed by atoms with Crippen molar-refractivity contribution in [1.29, 1.82) is 0 Å². The first-order valence-corrected chi connectivity index (χ1v) is 9.06. The van der Waals surface area contributed by atoms with Crippen molar-refractivity contribution in [3.8, 4) is 11.5 Å². The van der Waals surface area contributed by atoms with E-state index in [1.54, 1.807) is 4.90 Å². The monoisotopic (exact) mass is 366 g/mol. The van der Waals surface area contributed by atoms with E-state index in [0.717, 1.165) is 28.1 Å². The fraction of sp³-hybridized carbons (Fsp3) is 0.333. The molecule has 2 aromatic rings. The van der Waals surface area contributed by atoms with Crippen LogP contribution < -0.4 is 19.7 Å². The van der Waals surface area contributed by atoms with E-state index in [0.29, 0.717) is 18.8 Å². The maximum Gasteiger partial charge on any atom is 0.231 e. The number of nitrogens with one attached hydrogen (secondary N) is 1. The second kappa shape index (κ2) is 6.95. The van der Waals surface area contributed by atoms with Gasteiger partial charge < -0.3 is 19.7 Å². The molecule has 2 aliphatic heterocycles. The lowest BCUT2D eigenvalue weighted by Crippen LogP contribution is -2.32. The summed E-state index contributed by atoms with van der Waals surface area (Å²) in [5.74, 6) is 0.960. The predicted molar refractivity (Wildman–Crippen MR) is 101 cm³/mol. The van der Waals surface area contributed by atoms with E-state index in [9.17, 15) is 9.59 Å². The molecule has 1 saturated heterocycles. The molecule has 1 fully saturated rings. The second-order valence-electron chi connectivity index (χ2n) is 7.03. The predicted octanol–water partition coefficient (Wildman–Crippen LogP) is 2.70. The highest BCUT2D eigenvalue weighted by atomic mass is 16.7. The van der Waals surface area contributed by atoms with E-state index in [2.05, 4.69) is 5.32 Å². The number of aryl methyl sites for hydroxylation is 1. The Balaban J connectivity index is 1.40. The molecular formula is C21H22N2O4. The van der Waals surface area contributed by atoms with Gasteiger partial charge in [0.05, 0.1) is 5.92 Å². The van der Waals surface area contributed by atoms with Crippen LogP contribution in [0.3, 0.4) is 0 Å². The normalized spacial score (nSPS) is 18.1. The maximum atomic E-state index is 12.6. The third-order valence-corrected chi connectivity index (χ3v) is 5.27. The number of benzene rings is 2. The van der Waals surface area contributed by atoms with Gasteiger partial charge in [-0.2, -0.15) is 0 Å². The Morgan fingerprint density at radius 2 is 2.00 bits per heavy atom.